The molecule has 0 aliphatic rings. The average molecular weight is 279 g/mol. The number of amides is 1. The van der Waals surface area contributed by atoms with Crippen LogP contribution in [0, 0.1) is 5.92 Å². The van der Waals surface area contributed by atoms with Gasteiger partial charge in [-0.05, 0) is 19.2 Å². The molecule has 0 saturated carbocycles. The summed E-state index contributed by atoms with van der Waals surface area (Å²) >= 11 is 0. The number of nitrogens with one attached hydrogen (secondary N) is 2. The summed E-state index contributed by atoms with van der Waals surface area (Å²) in [7, 11) is 1.75. The fourth-order valence-corrected chi connectivity index (χ4v) is 1.42. The molecular weight excluding hydrogens is 262 g/mol. The second kappa shape index (κ2) is 8.00. The van der Waals surface area contributed by atoms with Crippen molar-refractivity contribution >= 4 is 24.0 Å². The zero-order chi connectivity index (χ0) is 12.8. The first-order valence-electron chi connectivity index (χ1n) is 5.38. The molecule has 0 aromatic heterocycles. The van der Waals surface area contributed by atoms with Crippen LogP contribution in [-0.4, -0.2) is 19.5 Å². The number of halogens is 3. The van der Waals surface area contributed by atoms with E-state index in [9.17, 15) is 13.6 Å². The molecule has 1 amide bonds. The quantitative estimate of drug-likeness (QED) is 0.870. The molecule has 2 N–H and O–H groups in total. The molecule has 1 unspecified atom stereocenters. The molecule has 18 heavy (non-hydrogen) atoms. The Kier molecular flexibility index (Phi) is 7.47. The molecular formula is C12H17ClF2N2O. The van der Waals surface area contributed by atoms with Gasteiger partial charge in [0.15, 0.2) is 0 Å². The molecule has 1 aromatic rings. The van der Waals surface area contributed by atoms with Crippen LogP contribution in [0.4, 0.5) is 14.5 Å². The Hall–Kier alpha value is -1.20. The molecule has 0 bridgehead atoms. The second-order valence-electron chi connectivity index (χ2n) is 3.87. The lowest BCUT2D eigenvalue weighted by molar-refractivity contribution is -0.119. The summed E-state index contributed by atoms with van der Waals surface area (Å²) in [5, 5.41) is 5.49. The standard InChI is InChI=1S/C12H16F2N2O.ClH/c1-8(7-15-2)12(17)16-10-5-3-4-9(6-10)11(13)14;/h3-6,8,11,15H,7H2,1-2H3,(H,16,17);1H. The number of rotatable bonds is 5. The van der Waals surface area contributed by atoms with Gasteiger partial charge in [0.05, 0.1) is 0 Å². The second-order valence-corrected chi connectivity index (χ2v) is 3.87. The van der Waals surface area contributed by atoms with E-state index in [1.807, 2.05) is 0 Å². The van der Waals surface area contributed by atoms with Crippen molar-refractivity contribution in [2.75, 3.05) is 18.9 Å². The van der Waals surface area contributed by atoms with Crippen LogP contribution in [0.3, 0.4) is 0 Å². The average Bonchev–Trinajstić information content (AvgIpc) is 2.29. The van der Waals surface area contributed by atoms with Gasteiger partial charge in [0.25, 0.3) is 6.43 Å². The molecule has 6 heteroatoms. The smallest absolute Gasteiger partial charge is 0.263 e. The first-order chi connectivity index (χ1) is 8.04. The highest BCUT2D eigenvalue weighted by molar-refractivity contribution is 5.92. The molecule has 0 saturated heterocycles. The van der Waals surface area contributed by atoms with Crippen molar-refractivity contribution in [3.05, 3.63) is 29.8 Å². The lowest BCUT2D eigenvalue weighted by atomic mass is 10.1. The van der Waals surface area contributed by atoms with Gasteiger partial charge in [0.2, 0.25) is 5.91 Å². The minimum Gasteiger partial charge on any atom is -0.326 e. The van der Waals surface area contributed by atoms with Crippen LogP contribution in [-0.2, 0) is 4.79 Å². The number of hydrogen-bond donors (Lipinski definition) is 2. The molecule has 0 fully saturated rings. The van der Waals surface area contributed by atoms with Crippen LogP contribution < -0.4 is 10.6 Å². The Bertz CT molecular complexity index is 388. The van der Waals surface area contributed by atoms with Gasteiger partial charge in [-0.1, -0.05) is 19.1 Å². The molecule has 3 nitrogen and oxygen atoms in total. The maximum Gasteiger partial charge on any atom is 0.263 e. The van der Waals surface area contributed by atoms with Crippen molar-refractivity contribution in [1.29, 1.82) is 0 Å². The number of anilines is 1. The third-order valence-electron chi connectivity index (χ3n) is 2.36. The fraction of sp³-hybridized carbons (Fsp3) is 0.417. The summed E-state index contributed by atoms with van der Waals surface area (Å²) < 4.78 is 24.9. The maximum atomic E-state index is 12.4. The van der Waals surface area contributed by atoms with Crippen molar-refractivity contribution in [3.8, 4) is 0 Å². The summed E-state index contributed by atoms with van der Waals surface area (Å²) in [6.07, 6.45) is -2.53. The summed E-state index contributed by atoms with van der Waals surface area (Å²) in [4.78, 5) is 11.6. The van der Waals surface area contributed by atoms with Gasteiger partial charge in [0, 0.05) is 23.7 Å². The largest absolute Gasteiger partial charge is 0.326 e. The van der Waals surface area contributed by atoms with Crippen molar-refractivity contribution in [2.24, 2.45) is 5.92 Å². The maximum absolute atomic E-state index is 12.4. The molecule has 102 valence electrons. The number of alkyl halides is 2. The number of benzene rings is 1. The van der Waals surface area contributed by atoms with E-state index in [0.29, 0.717) is 12.2 Å². The normalized spacial score (nSPS) is 11.8. The van der Waals surface area contributed by atoms with Crippen LogP contribution in [0.1, 0.15) is 18.9 Å². The summed E-state index contributed by atoms with van der Waals surface area (Å²) in [6.45, 7) is 2.31. The Morgan fingerprint density at radius 3 is 2.61 bits per heavy atom. The fourth-order valence-electron chi connectivity index (χ4n) is 1.42. The van der Waals surface area contributed by atoms with Crippen LogP contribution in [0.15, 0.2) is 24.3 Å². The minimum absolute atomic E-state index is 0. The van der Waals surface area contributed by atoms with E-state index in [-0.39, 0.29) is 29.8 Å². The number of carbonyl (C=O) groups is 1. The predicted molar refractivity (Wildman–Crippen MR) is 70.4 cm³/mol. The van der Waals surface area contributed by atoms with Crippen molar-refractivity contribution < 1.29 is 13.6 Å². The zero-order valence-corrected chi connectivity index (χ0v) is 11.1. The SMILES string of the molecule is CNCC(C)C(=O)Nc1cccc(C(F)F)c1.Cl. The third-order valence-corrected chi connectivity index (χ3v) is 2.36. The molecule has 1 atom stereocenters. The Balaban J connectivity index is 0.00000289. The van der Waals surface area contributed by atoms with Crippen molar-refractivity contribution in [1.82, 2.24) is 5.32 Å². The van der Waals surface area contributed by atoms with E-state index in [2.05, 4.69) is 10.6 Å². The van der Waals surface area contributed by atoms with Crippen molar-refractivity contribution in [2.45, 2.75) is 13.3 Å². The lowest BCUT2D eigenvalue weighted by Crippen LogP contribution is -2.28. The monoisotopic (exact) mass is 278 g/mol. The first-order valence-corrected chi connectivity index (χ1v) is 5.38. The molecule has 0 aliphatic carbocycles. The summed E-state index contributed by atoms with van der Waals surface area (Å²) in [6, 6.07) is 5.71. The van der Waals surface area contributed by atoms with Crippen LogP contribution in [0.25, 0.3) is 0 Å². The molecule has 0 radical (unpaired) electrons. The van der Waals surface area contributed by atoms with Crippen LogP contribution >= 0.6 is 12.4 Å². The van der Waals surface area contributed by atoms with Gasteiger partial charge in [-0.2, -0.15) is 0 Å². The predicted octanol–water partition coefficient (Wildman–Crippen LogP) is 2.84. The van der Waals surface area contributed by atoms with E-state index >= 15 is 0 Å². The molecule has 1 aromatic carbocycles. The summed E-state index contributed by atoms with van der Waals surface area (Å²) in [5.74, 6) is -0.402. The van der Waals surface area contributed by atoms with Crippen molar-refractivity contribution in [3.63, 3.8) is 0 Å². The molecule has 0 heterocycles. The van der Waals surface area contributed by atoms with E-state index < -0.39 is 6.43 Å². The minimum atomic E-state index is -2.53. The van der Waals surface area contributed by atoms with Crippen LogP contribution in [0.5, 0.6) is 0 Å². The lowest BCUT2D eigenvalue weighted by Gasteiger charge is -2.12. The van der Waals surface area contributed by atoms with E-state index in [1.165, 1.54) is 18.2 Å². The van der Waals surface area contributed by atoms with E-state index in [4.69, 9.17) is 0 Å². The van der Waals surface area contributed by atoms with Gasteiger partial charge < -0.3 is 10.6 Å². The van der Waals surface area contributed by atoms with Gasteiger partial charge in [-0.3, -0.25) is 4.79 Å². The molecule has 1 rings (SSSR count). The highest BCUT2D eigenvalue weighted by Crippen LogP contribution is 2.21. The first kappa shape index (κ1) is 16.8. The van der Waals surface area contributed by atoms with Gasteiger partial charge >= 0.3 is 0 Å². The summed E-state index contributed by atoms with van der Waals surface area (Å²) in [5.41, 5.74) is 0.305. The Labute approximate surface area is 111 Å². The number of hydrogen-bond acceptors (Lipinski definition) is 2. The molecule has 0 spiro atoms. The van der Waals surface area contributed by atoms with Gasteiger partial charge in [0.1, 0.15) is 0 Å². The van der Waals surface area contributed by atoms with E-state index in [0.717, 1.165) is 0 Å². The third kappa shape index (κ3) is 4.98. The number of carbonyl (C=O) groups excluding carboxylic acids is 1. The highest BCUT2D eigenvalue weighted by atomic mass is 35.5. The van der Waals surface area contributed by atoms with Crippen LogP contribution in [0.2, 0.25) is 0 Å². The zero-order valence-electron chi connectivity index (χ0n) is 10.2. The highest BCUT2D eigenvalue weighted by Gasteiger charge is 2.13. The Morgan fingerprint density at radius 2 is 2.06 bits per heavy atom. The molecule has 0 aliphatic heterocycles. The topological polar surface area (TPSA) is 41.1 Å². The van der Waals surface area contributed by atoms with Gasteiger partial charge in [-0.25, -0.2) is 8.78 Å². The Morgan fingerprint density at radius 1 is 1.39 bits per heavy atom. The van der Waals surface area contributed by atoms with Gasteiger partial charge in [-0.15, -0.1) is 12.4 Å². The van der Waals surface area contributed by atoms with E-state index in [1.54, 1.807) is 20.0 Å².